The number of pyridine rings is 1. The van der Waals surface area contributed by atoms with E-state index in [1.165, 1.54) is 20.2 Å². The maximum atomic E-state index is 14.3. The SMILES string of the molecule is COC(=O)CCC1(NC(=O)c2cc3c4ccccc4n(C(C)=O)c3cn2)C(=O)N(c2ccccc2)c2ccccc21. The zero-order valence-electron chi connectivity index (χ0n) is 22.5. The summed E-state index contributed by atoms with van der Waals surface area (Å²) >= 11 is 0. The number of nitrogens with one attached hydrogen (secondary N) is 1. The molecule has 0 aliphatic carbocycles. The molecule has 1 aliphatic rings. The van der Waals surface area contributed by atoms with Crippen molar-refractivity contribution in [2.45, 2.75) is 25.3 Å². The Hall–Kier alpha value is -5.31. The summed E-state index contributed by atoms with van der Waals surface area (Å²) in [4.78, 5) is 58.9. The highest BCUT2D eigenvalue weighted by atomic mass is 16.5. The highest BCUT2D eigenvalue weighted by Gasteiger charge is 2.52. The van der Waals surface area contributed by atoms with Crippen LogP contribution in [0.15, 0.2) is 91.1 Å². The molecule has 1 aliphatic heterocycles. The number of anilines is 2. The summed E-state index contributed by atoms with van der Waals surface area (Å²) in [6.07, 6.45) is 1.38. The number of nitrogens with zero attached hydrogens (tertiary/aromatic N) is 3. The standard InChI is InChI=1S/C32H26N4O5/c1-20(37)35-26-14-8-6-12-22(26)23-18-25(33-19-28(23)35)30(39)34-32(17-16-29(38)41-2)24-13-7-9-15-27(24)36(31(32)40)21-10-4-3-5-11-21/h3-15,18-19H,16-17H2,1-2H3,(H,34,39). The van der Waals surface area contributed by atoms with E-state index in [0.717, 1.165) is 5.39 Å². The number of methoxy groups -OCH3 is 1. The van der Waals surface area contributed by atoms with E-state index in [2.05, 4.69) is 10.3 Å². The second kappa shape index (κ2) is 10.0. The second-order valence-corrected chi connectivity index (χ2v) is 9.89. The van der Waals surface area contributed by atoms with Gasteiger partial charge in [-0.25, -0.2) is 4.98 Å². The van der Waals surface area contributed by atoms with Crippen molar-refractivity contribution >= 4 is 56.9 Å². The van der Waals surface area contributed by atoms with Crippen molar-refractivity contribution in [3.63, 3.8) is 0 Å². The van der Waals surface area contributed by atoms with Gasteiger partial charge in [-0.05, 0) is 36.8 Å². The summed E-state index contributed by atoms with van der Waals surface area (Å²) in [7, 11) is 1.28. The van der Waals surface area contributed by atoms with Crippen LogP contribution in [0.3, 0.4) is 0 Å². The Bertz CT molecular complexity index is 1860. The Kier molecular flexibility index (Phi) is 6.34. The van der Waals surface area contributed by atoms with Gasteiger partial charge in [0.05, 0.1) is 30.0 Å². The zero-order valence-corrected chi connectivity index (χ0v) is 22.5. The van der Waals surface area contributed by atoms with Gasteiger partial charge in [0, 0.05) is 35.4 Å². The molecule has 0 fully saturated rings. The number of carbonyl (C=O) groups is 4. The molecule has 2 aromatic heterocycles. The van der Waals surface area contributed by atoms with Crippen molar-refractivity contribution in [1.29, 1.82) is 0 Å². The summed E-state index contributed by atoms with van der Waals surface area (Å²) in [5, 5.41) is 4.44. The first-order valence-electron chi connectivity index (χ1n) is 13.1. The van der Waals surface area contributed by atoms with Gasteiger partial charge in [-0.15, -0.1) is 0 Å². The topological polar surface area (TPSA) is 111 Å². The average molecular weight is 547 g/mol. The van der Waals surface area contributed by atoms with E-state index < -0.39 is 23.3 Å². The Morgan fingerprint density at radius 3 is 2.37 bits per heavy atom. The van der Waals surface area contributed by atoms with E-state index in [0.29, 0.717) is 33.4 Å². The minimum Gasteiger partial charge on any atom is -0.469 e. The number of rotatable bonds is 6. The minimum absolute atomic E-state index is 0.0174. The molecule has 0 radical (unpaired) electrons. The maximum Gasteiger partial charge on any atom is 0.305 e. The lowest BCUT2D eigenvalue weighted by atomic mass is 9.86. The molecule has 3 heterocycles. The molecule has 9 heteroatoms. The Labute approximate surface area is 235 Å². The predicted molar refractivity (Wildman–Crippen MR) is 154 cm³/mol. The number of esters is 1. The van der Waals surface area contributed by atoms with Gasteiger partial charge in [0.15, 0.2) is 0 Å². The van der Waals surface area contributed by atoms with Crippen LogP contribution < -0.4 is 10.2 Å². The van der Waals surface area contributed by atoms with Gasteiger partial charge >= 0.3 is 5.97 Å². The summed E-state index contributed by atoms with van der Waals surface area (Å²) < 4.78 is 6.43. The van der Waals surface area contributed by atoms with Crippen LogP contribution in [-0.4, -0.2) is 40.4 Å². The summed E-state index contributed by atoms with van der Waals surface area (Å²) in [5.74, 6) is -1.66. The molecular weight excluding hydrogens is 520 g/mol. The molecule has 5 aromatic rings. The molecular formula is C32H26N4O5. The normalized spacial score (nSPS) is 16.1. The van der Waals surface area contributed by atoms with Gasteiger partial charge in [0.25, 0.3) is 11.8 Å². The molecule has 1 atom stereocenters. The van der Waals surface area contributed by atoms with Crippen molar-refractivity contribution in [2.24, 2.45) is 0 Å². The van der Waals surface area contributed by atoms with Crippen LogP contribution in [0, 0.1) is 0 Å². The monoisotopic (exact) mass is 546 g/mol. The third kappa shape index (κ3) is 4.13. The Morgan fingerprint density at radius 1 is 0.902 bits per heavy atom. The fourth-order valence-electron chi connectivity index (χ4n) is 5.68. The fraction of sp³-hybridized carbons (Fsp3) is 0.156. The van der Waals surface area contributed by atoms with E-state index in [9.17, 15) is 19.2 Å². The molecule has 0 saturated carbocycles. The number of aromatic nitrogens is 2. The van der Waals surface area contributed by atoms with E-state index in [4.69, 9.17) is 4.74 Å². The van der Waals surface area contributed by atoms with E-state index >= 15 is 0 Å². The van der Waals surface area contributed by atoms with Gasteiger partial charge in [-0.1, -0.05) is 54.6 Å². The molecule has 6 rings (SSSR count). The van der Waals surface area contributed by atoms with Crippen LogP contribution in [0.2, 0.25) is 0 Å². The highest BCUT2D eigenvalue weighted by molar-refractivity contribution is 6.16. The number of para-hydroxylation sites is 3. The third-order valence-electron chi connectivity index (χ3n) is 7.55. The van der Waals surface area contributed by atoms with Crippen LogP contribution >= 0.6 is 0 Å². The first kappa shape index (κ1) is 25.9. The predicted octanol–water partition coefficient (Wildman–Crippen LogP) is 5.11. The van der Waals surface area contributed by atoms with E-state index in [1.807, 2.05) is 66.7 Å². The molecule has 204 valence electrons. The van der Waals surface area contributed by atoms with Gasteiger partial charge in [0.1, 0.15) is 11.2 Å². The first-order chi connectivity index (χ1) is 19.9. The van der Waals surface area contributed by atoms with Gasteiger partial charge in [0.2, 0.25) is 5.91 Å². The molecule has 41 heavy (non-hydrogen) atoms. The quantitative estimate of drug-likeness (QED) is 0.297. The molecule has 3 aromatic carbocycles. The van der Waals surface area contributed by atoms with E-state index in [1.54, 1.807) is 27.7 Å². The largest absolute Gasteiger partial charge is 0.469 e. The van der Waals surface area contributed by atoms with Gasteiger partial charge < -0.3 is 10.1 Å². The van der Waals surface area contributed by atoms with Gasteiger partial charge in [-0.3, -0.25) is 28.6 Å². The van der Waals surface area contributed by atoms with Crippen LogP contribution in [0.5, 0.6) is 0 Å². The van der Waals surface area contributed by atoms with Crippen molar-refractivity contribution in [2.75, 3.05) is 12.0 Å². The minimum atomic E-state index is -1.55. The number of amides is 2. The summed E-state index contributed by atoms with van der Waals surface area (Å²) in [5.41, 5.74) is 1.63. The molecule has 0 bridgehead atoms. The maximum absolute atomic E-state index is 14.3. The van der Waals surface area contributed by atoms with Crippen molar-refractivity contribution in [3.8, 4) is 0 Å². The first-order valence-corrected chi connectivity index (χ1v) is 13.1. The number of hydrogen-bond acceptors (Lipinski definition) is 6. The molecule has 0 spiro atoms. The van der Waals surface area contributed by atoms with E-state index in [-0.39, 0.29) is 24.4 Å². The lowest BCUT2D eigenvalue weighted by Crippen LogP contribution is -2.52. The fourth-order valence-corrected chi connectivity index (χ4v) is 5.68. The number of fused-ring (bicyclic) bond motifs is 4. The Balaban J connectivity index is 1.46. The lowest BCUT2D eigenvalue weighted by Gasteiger charge is -2.30. The molecule has 0 saturated heterocycles. The molecule has 1 N–H and O–H groups in total. The van der Waals surface area contributed by atoms with Crippen LogP contribution in [-0.2, 0) is 19.9 Å². The van der Waals surface area contributed by atoms with Gasteiger partial charge in [-0.2, -0.15) is 0 Å². The molecule has 1 unspecified atom stereocenters. The number of ether oxygens (including phenoxy) is 1. The smallest absolute Gasteiger partial charge is 0.305 e. The number of benzene rings is 3. The van der Waals surface area contributed by atoms with Crippen LogP contribution in [0.4, 0.5) is 11.4 Å². The van der Waals surface area contributed by atoms with Crippen molar-refractivity contribution < 1.29 is 23.9 Å². The van der Waals surface area contributed by atoms with Crippen molar-refractivity contribution in [1.82, 2.24) is 14.9 Å². The van der Waals surface area contributed by atoms with Crippen LogP contribution in [0.25, 0.3) is 21.8 Å². The second-order valence-electron chi connectivity index (χ2n) is 9.89. The summed E-state index contributed by atoms with van der Waals surface area (Å²) in [6.45, 7) is 1.47. The molecule has 9 nitrogen and oxygen atoms in total. The zero-order chi connectivity index (χ0) is 28.7. The number of hydrogen-bond donors (Lipinski definition) is 1. The number of carbonyl (C=O) groups excluding carboxylic acids is 4. The van der Waals surface area contributed by atoms with Crippen LogP contribution in [0.1, 0.15) is 40.6 Å². The summed E-state index contributed by atoms with van der Waals surface area (Å²) in [6, 6.07) is 25.4. The molecule has 2 amide bonds. The van der Waals surface area contributed by atoms with Crippen molar-refractivity contribution in [3.05, 3.63) is 102 Å². The highest BCUT2D eigenvalue weighted by Crippen LogP contribution is 2.46. The Morgan fingerprint density at radius 2 is 1.61 bits per heavy atom. The average Bonchev–Trinajstić information content (AvgIpc) is 3.45. The lowest BCUT2D eigenvalue weighted by molar-refractivity contribution is -0.141. The third-order valence-corrected chi connectivity index (χ3v) is 7.55.